The fraction of sp³-hybridized carbons (Fsp3) is 0.444. The Balaban J connectivity index is 1.43. The molecule has 1 unspecified atom stereocenters. The van der Waals surface area contributed by atoms with Gasteiger partial charge in [-0.05, 0) is 59.9 Å². The number of fused-ring (bicyclic) bond motifs is 3. The zero-order valence-corrected chi connectivity index (χ0v) is 20.8. The first kappa shape index (κ1) is 25.1. The van der Waals surface area contributed by atoms with E-state index >= 15 is 0 Å². The van der Waals surface area contributed by atoms with Crippen LogP contribution in [-0.2, 0) is 14.3 Å². The van der Waals surface area contributed by atoms with Crippen molar-refractivity contribution >= 4 is 29.7 Å². The van der Waals surface area contributed by atoms with Gasteiger partial charge in [0.15, 0.2) is 0 Å². The number of carbonyl (C=O) groups is 3. The van der Waals surface area contributed by atoms with Gasteiger partial charge in [-0.15, -0.1) is 0 Å². The predicted molar refractivity (Wildman–Crippen MR) is 137 cm³/mol. The van der Waals surface area contributed by atoms with Gasteiger partial charge < -0.3 is 20.1 Å². The molecule has 186 valence electrons. The number of aliphatic carboxylic acids is 1. The molecule has 0 spiro atoms. The number of rotatable bonds is 9. The van der Waals surface area contributed by atoms with Crippen molar-refractivity contribution in [2.24, 2.45) is 0 Å². The summed E-state index contributed by atoms with van der Waals surface area (Å²) in [5.41, 5.74) is 4.56. The minimum atomic E-state index is -0.917. The first-order valence-corrected chi connectivity index (χ1v) is 13.5. The van der Waals surface area contributed by atoms with Gasteiger partial charge >= 0.3 is 12.1 Å². The van der Waals surface area contributed by atoms with E-state index in [0.717, 1.165) is 35.1 Å². The number of hydrogen-bond donors (Lipinski definition) is 2. The molecule has 1 aliphatic carbocycles. The molecule has 4 rings (SSSR count). The third-order valence-electron chi connectivity index (χ3n) is 6.86. The van der Waals surface area contributed by atoms with Gasteiger partial charge in [-0.1, -0.05) is 48.5 Å². The van der Waals surface area contributed by atoms with E-state index in [-0.39, 0.29) is 30.9 Å². The lowest BCUT2D eigenvalue weighted by molar-refractivity contribution is -0.142. The lowest BCUT2D eigenvalue weighted by Crippen LogP contribution is -2.54. The number of ether oxygens (including phenoxy) is 1. The number of benzene rings is 2. The topological polar surface area (TPSA) is 95.9 Å². The van der Waals surface area contributed by atoms with Crippen molar-refractivity contribution in [1.29, 1.82) is 0 Å². The zero-order chi connectivity index (χ0) is 24.8. The van der Waals surface area contributed by atoms with Crippen LogP contribution in [0.25, 0.3) is 11.1 Å². The highest BCUT2D eigenvalue weighted by Gasteiger charge is 2.34. The number of piperidine rings is 1. The van der Waals surface area contributed by atoms with Gasteiger partial charge in [0.05, 0.1) is 6.42 Å². The Labute approximate surface area is 210 Å². The van der Waals surface area contributed by atoms with Gasteiger partial charge in [0, 0.05) is 18.5 Å². The maximum atomic E-state index is 13.4. The van der Waals surface area contributed by atoms with Gasteiger partial charge in [-0.25, -0.2) is 4.79 Å². The molecule has 2 aromatic carbocycles. The maximum Gasteiger partial charge on any atom is 0.407 e. The Morgan fingerprint density at radius 1 is 1.09 bits per heavy atom. The SMILES string of the molecule is CSCC[C@H](NC(=O)OCC1c2ccccc2-c2ccccc21)C(=O)N1CCCCC1CC(=O)O. The van der Waals surface area contributed by atoms with Crippen LogP contribution in [0.2, 0.25) is 0 Å². The van der Waals surface area contributed by atoms with Crippen LogP contribution in [0.4, 0.5) is 4.79 Å². The number of carboxylic acids is 1. The average Bonchev–Trinajstić information content (AvgIpc) is 3.18. The van der Waals surface area contributed by atoms with Crippen molar-refractivity contribution in [1.82, 2.24) is 10.2 Å². The van der Waals surface area contributed by atoms with Crippen LogP contribution < -0.4 is 5.32 Å². The molecular weight excluding hydrogens is 464 g/mol. The summed E-state index contributed by atoms with van der Waals surface area (Å²) in [7, 11) is 0. The number of carbonyl (C=O) groups excluding carboxylic acids is 2. The molecule has 2 aromatic rings. The first-order chi connectivity index (χ1) is 17.0. The summed E-state index contributed by atoms with van der Waals surface area (Å²) in [5.74, 6) is -0.508. The minimum absolute atomic E-state index is 0.0597. The lowest BCUT2D eigenvalue weighted by Gasteiger charge is -2.37. The Morgan fingerprint density at radius 2 is 1.74 bits per heavy atom. The molecule has 1 aliphatic heterocycles. The number of thioether (sulfide) groups is 1. The summed E-state index contributed by atoms with van der Waals surface area (Å²) in [6.07, 6.45) is 4.10. The highest BCUT2D eigenvalue weighted by Crippen LogP contribution is 2.44. The molecule has 0 saturated carbocycles. The summed E-state index contributed by atoms with van der Waals surface area (Å²) < 4.78 is 5.66. The molecule has 8 heteroatoms. The van der Waals surface area contributed by atoms with E-state index in [4.69, 9.17) is 4.74 Å². The van der Waals surface area contributed by atoms with Crippen LogP contribution in [0.5, 0.6) is 0 Å². The molecule has 0 bridgehead atoms. The number of hydrogen-bond acceptors (Lipinski definition) is 5. The summed E-state index contributed by atoms with van der Waals surface area (Å²) >= 11 is 1.59. The Kier molecular flexibility index (Phi) is 8.33. The Hall–Kier alpha value is -3.00. The quantitative estimate of drug-likeness (QED) is 0.531. The monoisotopic (exact) mass is 496 g/mol. The fourth-order valence-corrected chi connectivity index (χ4v) is 5.65. The summed E-state index contributed by atoms with van der Waals surface area (Å²) in [4.78, 5) is 39.2. The van der Waals surface area contributed by atoms with Gasteiger partial charge in [0.25, 0.3) is 0 Å². The molecular formula is C27H32N2O5S. The molecule has 2 N–H and O–H groups in total. The van der Waals surface area contributed by atoms with Crippen LogP contribution in [-0.4, -0.2) is 65.2 Å². The Morgan fingerprint density at radius 3 is 2.37 bits per heavy atom. The largest absolute Gasteiger partial charge is 0.481 e. The van der Waals surface area contributed by atoms with Gasteiger partial charge in [-0.2, -0.15) is 11.8 Å². The second-order valence-corrected chi connectivity index (χ2v) is 10.1. The standard InChI is InChI=1S/C27H32N2O5S/c1-35-15-13-24(26(32)29-14-7-6-8-18(29)16-25(30)31)28-27(33)34-17-23-21-11-4-2-9-19(21)20-10-3-5-12-22(20)23/h2-5,9-12,18,23-24H,6-8,13-17H2,1H3,(H,28,33)(H,30,31)/t18?,24-/m0/s1. The minimum Gasteiger partial charge on any atom is -0.481 e. The molecule has 1 fully saturated rings. The number of nitrogens with one attached hydrogen (secondary N) is 1. The molecule has 1 saturated heterocycles. The van der Waals surface area contributed by atoms with Crippen molar-refractivity contribution < 1.29 is 24.2 Å². The molecule has 2 atom stereocenters. The smallest absolute Gasteiger partial charge is 0.407 e. The maximum absolute atomic E-state index is 13.4. The second kappa shape index (κ2) is 11.6. The molecule has 2 aliphatic rings. The number of likely N-dealkylation sites (tertiary alicyclic amines) is 1. The predicted octanol–water partition coefficient (Wildman–Crippen LogP) is 4.50. The van der Waals surface area contributed by atoms with Crippen LogP contribution in [0, 0.1) is 0 Å². The van der Waals surface area contributed by atoms with Crippen molar-refractivity contribution in [2.75, 3.05) is 25.2 Å². The van der Waals surface area contributed by atoms with Gasteiger partial charge in [0.1, 0.15) is 12.6 Å². The van der Waals surface area contributed by atoms with Gasteiger partial charge in [0.2, 0.25) is 5.91 Å². The van der Waals surface area contributed by atoms with E-state index < -0.39 is 18.1 Å². The van der Waals surface area contributed by atoms with Crippen molar-refractivity contribution in [2.45, 2.75) is 50.1 Å². The van der Waals surface area contributed by atoms with Crippen LogP contribution in [0.15, 0.2) is 48.5 Å². The third kappa shape index (κ3) is 5.81. The molecule has 0 aromatic heterocycles. The third-order valence-corrected chi connectivity index (χ3v) is 7.51. The first-order valence-electron chi connectivity index (χ1n) is 12.1. The van der Waals surface area contributed by atoms with E-state index in [1.165, 1.54) is 0 Å². The van der Waals surface area contributed by atoms with E-state index in [1.807, 2.05) is 30.5 Å². The van der Waals surface area contributed by atoms with Crippen molar-refractivity contribution in [3.05, 3.63) is 59.7 Å². The molecule has 2 amide bonds. The zero-order valence-electron chi connectivity index (χ0n) is 19.9. The van der Waals surface area contributed by atoms with Crippen molar-refractivity contribution in [3.8, 4) is 11.1 Å². The number of nitrogens with zero attached hydrogens (tertiary/aromatic N) is 1. The normalized spacial score (nSPS) is 17.9. The van der Waals surface area contributed by atoms with Crippen LogP contribution >= 0.6 is 11.8 Å². The van der Waals surface area contributed by atoms with Crippen LogP contribution in [0.3, 0.4) is 0 Å². The van der Waals surface area contributed by atoms with Gasteiger partial charge in [-0.3, -0.25) is 9.59 Å². The van der Waals surface area contributed by atoms with E-state index in [2.05, 4.69) is 29.6 Å². The molecule has 35 heavy (non-hydrogen) atoms. The average molecular weight is 497 g/mol. The highest BCUT2D eigenvalue weighted by molar-refractivity contribution is 7.98. The van der Waals surface area contributed by atoms with Crippen LogP contribution in [0.1, 0.15) is 49.1 Å². The van der Waals surface area contributed by atoms with E-state index in [9.17, 15) is 19.5 Å². The fourth-order valence-electron chi connectivity index (χ4n) is 5.18. The number of alkyl carbamates (subject to hydrolysis) is 1. The number of carboxylic acid groups (broad SMARTS) is 1. The lowest BCUT2D eigenvalue weighted by atomic mass is 9.98. The Bertz CT molecular complexity index is 1030. The highest BCUT2D eigenvalue weighted by atomic mass is 32.2. The summed E-state index contributed by atoms with van der Waals surface area (Å²) in [5, 5.41) is 12.1. The van der Waals surface area contributed by atoms with Crippen molar-refractivity contribution in [3.63, 3.8) is 0 Å². The van der Waals surface area contributed by atoms with E-state index in [0.29, 0.717) is 25.1 Å². The molecule has 7 nitrogen and oxygen atoms in total. The summed E-state index contributed by atoms with van der Waals surface area (Å²) in [6.45, 7) is 0.688. The number of amides is 2. The summed E-state index contributed by atoms with van der Waals surface area (Å²) in [6, 6.07) is 15.2. The molecule has 0 radical (unpaired) electrons. The molecule has 1 heterocycles. The van der Waals surface area contributed by atoms with E-state index in [1.54, 1.807) is 16.7 Å². The second-order valence-electron chi connectivity index (χ2n) is 9.08.